The maximum atomic E-state index is 12.6. The number of carbonyl (C=O) groups is 1. The Hall–Kier alpha value is -1.60. The minimum atomic E-state index is -0.528. The summed E-state index contributed by atoms with van der Waals surface area (Å²) in [6.07, 6.45) is 1.94. The third-order valence-corrected chi connectivity index (χ3v) is 4.50. The lowest BCUT2D eigenvalue weighted by molar-refractivity contribution is -0.385. The van der Waals surface area contributed by atoms with E-state index < -0.39 is 11.0 Å². The molecule has 114 valence electrons. The van der Waals surface area contributed by atoms with Crippen LogP contribution >= 0.6 is 11.8 Å². The van der Waals surface area contributed by atoms with Gasteiger partial charge in [-0.25, -0.2) is 0 Å². The van der Waals surface area contributed by atoms with Crippen LogP contribution in [0.3, 0.4) is 0 Å². The molecular weight excluding hydrogens is 292 g/mol. The second-order valence-corrected chi connectivity index (χ2v) is 6.10. The van der Waals surface area contributed by atoms with Crippen molar-refractivity contribution in [2.45, 2.75) is 24.3 Å². The van der Waals surface area contributed by atoms with Crippen LogP contribution in [0.2, 0.25) is 0 Å². The molecule has 2 atom stereocenters. The van der Waals surface area contributed by atoms with E-state index in [0.717, 1.165) is 4.90 Å². The molecular formula is C14H18N2O4S. The van der Waals surface area contributed by atoms with Crippen molar-refractivity contribution in [1.82, 2.24) is 4.90 Å². The number of hydrogen-bond donors (Lipinski definition) is 1. The molecule has 1 saturated heterocycles. The first kappa shape index (κ1) is 15.8. The number of hydrogen-bond acceptors (Lipinski definition) is 5. The van der Waals surface area contributed by atoms with Crippen molar-refractivity contribution in [2.24, 2.45) is 5.92 Å². The van der Waals surface area contributed by atoms with Gasteiger partial charge in [0.25, 0.3) is 11.6 Å². The van der Waals surface area contributed by atoms with E-state index in [1.807, 2.05) is 13.2 Å². The van der Waals surface area contributed by atoms with Crippen LogP contribution < -0.4 is 0 Å². The molecule has 2 rings (SSSR count). The molecule has 0 radical (unpaired) electrons. The molecule has 1 aromatic rings. The predicted molar refractivity (Wildman–Crippen MR) is 80.6 cm³/mol. The molecule has 0 unspecified atom stereocenters. The lowest BCUT2D eigenvalue weighted by Gasteiger charge is -2.34. The van der Waals surface area contributed by atoms with Gasteiger partial charge in [0, 0.05) is 24.1 Å². The number of aliphatic hydroxyl groups excluding tert-OH is 1. The van der Waals surface area contributed by atoms with Crippen molar-refractivity contribution in [3.8, 4) is 0 Å². The summed E-state index contributed by atoms with van der Waals surface area (Å²) >= 11 is 1.44. The largest absolute Gasteiger partial charge is 0.393 e. The Morgan fingerprint density at radius 2 is 2.24 bits per heavy atom. The zero-order valence-corrected chi connectivity index (χ0v) is 12.8. The van der Waals surface area contributed by atoms with Crippen molar-refractivity contribution in [3.05, 3.63) is 33.9 Å². The van der Waals surface area contributed by atoms with Gasteiger partial charge < -0.3 is 10.0 Å². The third-order valence-electron chi connectivity index (χ3n) is 3.78. The van der Waals surface area contributed by atoms with Crippen molar-refractivity contribution < 1.29 is 14.8 Å². The maximum absolute atomic E-state index is 12.6. The first-order valence-corrected chi connectivity index (χ1v) is 7.96. The van der Waals surface area contributed by atoms with Gasteiger partial charge in [0.2, 0.25) is 0 Å². The van der Waals surface area contributed by atoms with E-state index in [2.05, 4.69) is 0 Å². The van der Waals surface area contributed by atoms with Gasteiger partial charge in [-0.3, -0.25) is 14.9 Å². The SMILES string of the molecule is CSc1ccc([N+](=O)[O-])c(C(=O)N2CC[C@@H](O)[C@H](C)C2)c1. The summed E-state index contributed by atoms with van der Waals surface area (Å²) < 4.78 is 0. The summed E-state index contributed by atoms with van der Waals surface area (Å²) in [6, 6.07) is 4.59. The van der Waals surface area contributed by atoms with Crippen LogP contribution in [0.15, 0.2) is 23.1 Å². The van der Waals surface area contributed by atoms with Crippen molar-refractivity contribution in [1.29, 1.82) is 0 Å². The Bertz CT molecular complexity index is 564. The van der Waals surface area contributed by atoms with Gasteiger partial charge in [0.05, 0.1) is 11.0 Å². The highest BCUT2D eigenvalue weighted by Gasteiger charge is 2.31. The highest BCUT2D eigenvalue weighted by atomic mass is 32.2. The van der Waals surface area contributed by atoms with E-state index in [1.54, 1.807) is 17.0 Å². The van der Waals surface area contributed by atoms with Crippen molar-refractivity contribution in [2.75, 3.05) is 19.3 Å². The van der Waals surface area contributed by atoms with Gasteiger partial charge in [-0.2, -0.15) is 0 Å². The van der Waals surface area contributed by atoms with E-state index in [4.69, 9.17) is 0 Å². The Balaban J connectivity index is 2.31. The minimum Gasteiger partial charge on any atom is -0.393 e. The van der Waals surface area contributed by atoms with Crippen LogP contribution in [-0.4, -0.2) is 46.3 Å². The highest BCUT2D eigenvalue weighted by Crippen LogP contribution is 2.27. The van der Waals surface area contributed by atoms with E-state index in [0.29, 0.717) is 19.5 Å². The number of carbonyl (C=O) groups excluding carboxylic acids is 1. The summed E-state index contributed by atoms with van der Waals surface area (Å²) in [5, 5.41) is 20.8. The van der Waals surface area contributed by atoms with Gasteiger partial charge in [-0.15, -0.1) is 11.8 Å². The van der Waals surface area contributed by atoms with Gasteiger partial charge in [-0.05, 0) is 30.7 Å². The number of likely N-dealkylation sites (tertiary alicyclic amines) is 1. The average Bonchev–Trinajstić information content (AvgIpc) is 2.48. The number of aliphatic hydroxyl groups is 1. The van der Waals surface area contributed by atoms with E-state index in [9.17, 15) is 20.0 Å². The lowest BCUT2D eigenvalue weighted by Crippen LogP contribution is -2.45. The Kier molecular flexibility index (Phi) is 4.84. The molecule has 1 aliphatic heterocycles. The standard InChI is InChI=1S/C14H18N2O4S/c1-9-8-15(6-5-13(9)17)14(18)11-7-10(21-2)3-4-12(11)16(19)20/h3-4,7,9,13,17H,5-6,8H2,1-2H3/t9-,13-/m1/s1. The molecule has 1 aliphatic rings. The zero-order valence-electron chi connectivity index (χ0n) is 12.0. The molecule has 0 saturated carbocycles. The zero-order chi connectivity index (χ0) is 15.6. The Labute approximate surface area is 127 Å². The summed E-state index contributed by atoms with van der Waals surface area (Å²) in [5.74, 6) is -0.359. The summed E-state index contributed by atoms with van der Waals surface area (Å²) in [4.78, 5) is 25.6. The molecule has 1 fully saturated rings. The molecule has 7 heteroatoms. The Morgan fingerprint density at radius 1 is 1.52 bits per heavy atom. The minimum absolute atomic E-state index is 0.0227. The number of nitro groups is 1. The van der Waals surface area contributed by atoms with Crippen LogP contribution in [0.1, 0.15) is 23.7 Å². The van der Waals surface area contributed by atoms with Crippen LogP contribution in [0.5, 0.6) is 0 Å². The molecule has 1 aromatic carbocycles. The van der Waals surface area contributed by atoms with Gasteiger partial charge in [0.1, 0.15) is 5.56 Å². The third kappa shape index (κ3) is 3.36. The second-order valence-electron chi connectivity index (χ2n) is 5.22. The molecule has 0 spiro atoms. The van der Waals surface area contributed by atoms with E-state index in [1.165, 1.54) is 17.8 Å². The predicted octanol–water partition coefficient (Wildman–Crippen LogP) is 2.16. The van der Waals surface area contributed by atoms with Crippen LogP contribution in [0.4, 0.5) is 5.69 Å². The van der Waals surface area contributed by atoms with Crippen LogP contribution in [0.25, 0.3) is 0 Å². The Morgan fingerprint density at radius 3 is 2.81 bits per heavy atom. The average molecular weight is 310 g/mol. The van der Waals surface area contributed by atoms with E-state index >= 15 is 0 Å². The van der Waals surface area contributed by atoms with Crippen LogP contribution in [0, 0.1) is 16.0 Å². The number of amides is 1. The summed E-state index contributed by atoms with van der Waals surface area (Å²) in [5.41, 5.74) is -0.0491. The number of thioether (sulfide) groups is 1. The van der Waals surface area contributed by atoms with Crippen molar-refractivity contribution >= 4 is 23.4 Å². The summed E-state index contributed by atoms with van der Waals surface area (Å²) in [7, 11) is 0. The molecule has 1 amide bonds. The fraction of sp³-hybridized carbons (Fsp3) is 0.500. The van der Waals surface area contributed by atoms with Crippen molar-refractivity contribution in [3.63, 3.8) is 0 Å². The molecule has 1 heterocycles. The first-order valence-electron chi connectivity index (χ1n) is 6.73. The lowest BCUT2D eigenvalue weighted by atomic mass is 9.96. The quantitative estimate of drug-likeness (QED) is 0.525. The smallest absolute Gasteiger partial charge is 0.282 e. The number of nitrogens with zero attached hydrogens (tertiary/aromatic N) is 2. The van der Waals surface area contributed by atoms with Gasteiger partial charge >= 0.3 is 0 Å². The van der Waals surface area contributed by atoms with E-state index in [-0.39, 0.29) is 23.1 Å². The fourth-order valence-corrected chi connectivity index (χ4v) is 2.90. The molecule has 0 aromatic heterocycles. The monoisotopic (exact) mass is 310 g/mol. The topological polar surface area (TPSA) is 83.7 Å². The molecule has 21 heavy (non-hydrogen) atoms. The first-order chi connectivity index (χ1) is 9.93. The molecule has 6 nitrogen and oxygen atoms in total. The van der Waals surface area contributed by atoms with Crippen LogP contribution in [-0.2, 0) is 0 Å². The highest BCUT2D eigenvalue weighted by molar-refractivity contribution is 7.98. The number of benzene rings is 1. The van der Waals surface area contributed by atoms with Gasteiger partial charge in [-0.1, -0.05) is 6.92 Å². The molecule has 0 aliphatic carbocycles. The molecule has 1 N–H and O–H groups in total. The number of nitro benzene ring substituents is 1. The number of piperidine rings is 1. The molecule has 0 bridgehead atoms. The number of rotatable bonds is 3. The maximum Gasteiger partial charge on any atom is 0.282 e. The second kappa shape index (κ2) is 6.44. The summed E-state index contributed by atoms with van der Waals surface area (Å²) in [6.45, 7) is 2.71. The van der Waals surface area contributed by atoms with Gasteiger partial charge in [0.15, 0.2) is 0 Å². The normalized spacial score (nSPS) is 22.1. The fourth-order valence-electron chi connectivity index (χ4n) is 2.46.